The lowest BCUT2D eigenvalue weighted by Gasteiger charge is -2.13. The molecule has 0 aliphatic heterocycles. The molecule has 0 aliphatic carbocycles. The number of hydrogen-bond donors (Lipinski definition) is 2. The molecule has 0 bridgehead atoms. The van der Waals surface area contributed by atoms with Gasteiger partial charge >= 0.3 is 0 Å². The van der Waals surface area contributed by atoms with Crippen LogP contribution in [0.2, 0.25) is 0 Å². The largest absolute Gasteiger partial charge is 0.495 e. The maximum Gasteiger partial charge on any atom is 0.255 e. The van der Waals surface area contributed by atoms with E-state index in [2.05, 4.69) is 10.0 Å². The van der Waals surface area contributed by atoms with Gasteiger partial charge in [0.2, 0.25) is 10.0 Å². The Morgan fingerprint density at radius 1 is 0.935 bits per heavy atom. The Morgan fingerprint density at radius 3 is 2.35 bits per heavy atom. The molecule has 31 heavy (non-hydrogen) atoms. The number of aryl methyl sites for hydroxylation is 2. The first-order valence-electron chi connectivity index (χ1n) is 9.90. The summed E-state index contributed by atoms with van der Waals surface area (Å²) in [6.07, 6.45) is 0.551. The van der Waals surface area contributed by atoms with Crippen LogP contribution >= 0.6 is 0 Å². The van der Waals surface area contributed by atoms with E-state index in [1.54, 1.807) is 0 Å². The smallest absolute Gasteiger partial charge is 0.255 e. The predicted octanol–water partition coefficient (Wildman–Crippen LogP) is 4.09. The average Bonchev–Trinajstić information content (AvgIpc) is 2.76. The third-order valence-corrected chi connectivity index (χ3v) is 6.51. The van der Waals surface area contributed by atoms with Gasteiger partial charge in [-0.3, -0.25) is 4.79 Å². The van der Waals surface area contributed by atoms with Gasteiger partial charge in [0, 0.05) is 17.8 Å². The predicted molar refractivity (Wildman–Crippen MR) is 122 cm³/mol. The van der Waals surface area contributed by atoms with Gasteiger partial charge in [0.05, 0.1) is 7.11 Å². The quantitative estimate of drug-likeness (QED) is 0.555. The van der Waals surface area contributed by atoms with Crippen LogP contribution in [0.4, 0.5) is 5.69 Å². The van der Waals surface area contributed by atoms with Crippen molar-refractivity contribution in [2.45, 2.75) is 25.2 Å². The normalized spacial score (nSPS) is 11.2. The first-order chi connectivity index (χ1) is 14.8. The lowest BCUT2D eigenvalue weighted by atomic mass is 10.1. The summed E-state index contributed by atoms with van der Waals surface area (Å²) in [6, 6.07) is 19.6. The van der Waals surface area contributed by atoms with Crippen LogP contribution in [-0.4, -0.2) is 28.0 Å². The number of rotatable bonds is 8. The highest BCUT2D eigenvalue weighted by molar-refractivity contribution is 7.89. The Kier molecular flexibility index (Phi) is 7.09. The summed E-state index contributed by atoms with van der Waals surface area (Å²) < 4.78 is 33.6. The highest BCUT2D eigenvalue weighted by Crippen LogP contribution is 2.25. The molecule has 0 radical (unpaired) electrons. The van der Waals surface area contributed by atoms with Crippen LogP contribution in [-0.2, 0) is 16.4 Å². The monoisotopic (exact) mass is 438 g/mol. The van der Waals surface area contributed by atoms with Crippen molar-refractivity contribution in [2.75, 3.05) is 19.0 Å². The first kappa shape index (κ1) is 22.5. The number of sulfonamides is 1. The average molecular weight is 439 g/mol. The van der Waals surface area contributed by atoms with Crippen molar-refractivity contribution in [3.63, 3.8) is 0 Å². The highest BCUT2D eigenvalue weighted by Gasteiger charge is 2.21. The fourth-order valence-electron chi connectivity index (χ4n) is 3.10. The van der Waals surface area contributed by atoms with E-state index >= 15 is 0 Å². The summed E-state index contributed by atoms with van der Waals surface area (Å²) in [6.45, 7) is 4.19. The number of amides is 1. The van der Waals surface area contributed by atoms with Crippen molar-refractivity contribution in [1.82, 2.24) is 4.72 Å². The van der Waals surface area contributed by atoms with Gasteiger partial charge in [-0.25, -0.2) is 13.1 Å². The van der Waals surface area contributed by atoms with Gasteiger partial charge in [0.1, 0.15) is 10.6 Å². The summed E-state index contributed by atoms with van der Waals surface area (Å²) in [5, 5.41) is 2.81. The van der Waals surface area contributed by atoms with Gasteiger partial charge in [-0.05, 0) is 67.3 Å². The number of hydrogen-bond acceptors (Lipinski definition) is 4. The van der Waals surface area contributed by atoms with Gasteiger partial charge in [-0.15, -0.1) is 0 Å². The number of ether oxygens (including phenoxy) is 1. The van der Waals surface area contributed by atoms with Crippen LogP contribution < -0.4 is 14.8 Å². The summed E-state index contributed by atoms with van der Waals surface area (Å²) >= 11 is 0. The van der Waals surface area contributed by atoms with Gasteiger partial charge in [0.25, 0.3) is 5.91 Å². The second-order valence-corrected chi connectivity index (χ2v) is 8.99. The lowest BCUT2D eigenvalue weighted by Crippen LogP contribution is -2.27. The Bertz CT molecular complexity index is 1180. The zero-order valence-corrected chi connectivity index (χ0v) is 18.6. The fourth-order valence-corrected chi connectivity index (χ4v) is 4.33. The number of nitrogens with one attached hydrogen (secondary N) is 2. The lowest BCUT2D eigenvalue weighted by molar-refractivity contribution is 0.102. The summed E-state index contributed by atoms with van der Waals surface area (Å²) in [4.78, 5) is 12.6. The topological polar surface area (TPSA) is 84.5 Å². The molecule has 0 heterocycles. The van der Waals surface area contributed by atoms with Crippen LogP contribution in [0, 0.1) is 13.8 Å². The minimum Gasteiger partial charge on any atom is -0.495 e. The molecule has 0 spiro atoms. The maximum atomic E-state index is 12.9. The van der Waals surface area contributed by atoms with Gasteiger partial charge in [0.15, 0.2) is 0 Å². The molecule has 1 amide bonds. The van der Waals surface area contributed by atoms with E-state index in [0.717, 1.165) is 16.7 Å². The van der Waals surface area contributed by atoms with Crippen LogP contribution in [0.1, 0.15) is 27.0 Å². The Morgan fingerprint density at radius 2 is 1.68 bits per heavy atom. The molecule has 3 aromatic rings. The van der Waals surface area contributed by atoms with E-state index < -0.39 is 15.9 Å². The summed E-state index contributed by atoms with van der Waals surface area (Å²) in [7, 11) is -2.47. The Hall–Kier alpha value is -3.16. The minimum atomic E-state index is -3.87. The molecular weight excluding hydrogens is 412 g/mol. The molecule has 6 nitrogen and oxygen atoms in total. The highest BCUT2D eigenvalue weighted by atomic mass is 32.2. The van der Waals surface area contributed by atoms with E-state index in [4.69, 9.17) is 4.74 Å². The van der Waals surface area contributed by atoms with Crippen LogP contribution in [0.15, 0.2) is 71.6 Å². The maximum absolute atomic E-state index is 12.9. The molecule has 0 atom stereocenters. The van der Waals surface area contributed by atoms with Gasteiger partial charge < -0.3 is 10.1 Å². The van der Waals surface area contributed by atoms with E-state index in [1.807, 2.05) is 62.4 Å². The number of benzene rings is 3. The molecule has 0 unspecified atom stereocenters. The summed E-state index contributed by atoms with van der Waals surface area (Å²) in [5.41, 5.74) is 4.08. The molecule has 162 valence electrons. The SMILES string of the molecule is COc1ccc(C(=O)Nc2ccc(C)c(C)c2)cc1S(=O)(=O)NCCc1ccccc1. The van der Waals surface area contributed by atoms with Gasteiger partial charge in [-0.2, -0.15) is 0 Å². The third-order valence-electron chi connectivity index (χ3n) is 5.03. The van der Waals surface area contributed by atoms with Crippen molar-refractivity contribution in [1.29, 1.82) is 0 Å². The van der Waals surface area contributed by atoms with E-state index in [9.17, 15) is 13.2 Å². The van der Waals surface area contributed by atoms with E-state index in [1.165, 1.54) is 25.3 Å². The molecular formula is C24H26N2O4S. The zero-order chi connectivity index (χ0) is 22.4. The van der Waals surface area contributed by atoms with Crippen molar-refractivity contribution in [2.24, 2.45) is 0 Å². The van der Waals surface area contributed by atoms with E-state index in [0.29, 0.717) is 12.1 Å². The second kappa shape index (κ2) is 9.76. The Balaban J connectivity index is 1.78. The summed E-state index contributed by atoms with van der Waals surface area (Å²) in [5.74, 6) is -0.221. The van der Waals surface area contributed by atoms with Gasteiger partial charge in [-0.1, -0.05) is 36.4 Å². The molecule has 3 rings (SSSR count). The fraction of sp³-hybridized carbons (Fsp3) is 0.208. The van der Waals surface area contributed by atoms with E-state index in [-0.39, 0.29) is 22.8 Å². The molecule has 0 aromatic heterocycles. The molecule has 0 saturated heterocycles. The van der Waals surface area contributed by atoms with Crippen LogP contribution in [0.5, 0.6) is 5.75 Å². The molecule has 7 heteroatoms. The third kappa shape index (κ3) is 5.71. The molecule has 3 aromatic carbocycles. The number of carbonyl (C=O) groups excluding carboxylic acids is 1. The van der Waals surface area contributed by atoms with Crippen molar-refractivity contribution >= 4 is 21.6 Å². The molecule has 0 saturated carbocycles. The van der Waals surface area contributed by atoms with Crippen molar-refractivity contribution in [3.05, 3.63) is 89.0 Å². The number of carbonyl (C=O) groups is 1. The Labute approximate surface area is 183 Å². The molecule has 0 fully saturated rings. The number of anilines is 1. The van der Waals surface area contributed by atoms with Crippen molar-refractivity contribution in [3.8, 4) is 5.75 Å². The standard InChI is InChI=1S/C24H26N2O4S/c1-17-9-11-21(15-18(17)2)26-24(27)20-10-12-22(30-3)23(16-20)31(28,29)25-14-13-19-7-5-4-6-8-19/h4-12,15-16,25H,13-14H2,1-3H3,(H,26,27). The zero-order valence-electron chi connectivity index (χ0n) is 17.8. The molecule has 0 aliphatic rings. The van der Waals surface area contributed by atoms with Crippen molar-refractivity contribution < 1.29 is 17.9 Å². The molecule has 2 N–H and O–H groups in total. The van der Waals surface area contributed by atoms with Crippen LogP contribution in [0.25, 0.3) is 0 Å². The number of methoxy groups -OCH3 is 1. The minimum absolute atomic E-state index is 0.0733. The second-order valence-electron chi connectivity index (χ2n) is 7.25. The first-order valence-corrected chi connectivity index (χ1v) is 11.4. The van der Waals surface area contributed by atoms with Crippen LogP contribution in [0.3, 0.4) is 0 Å².